The van der Waals surface area contributed by atoms with Crippen LogP contribution in [0.1, 0.15) is 10.4 Å². The molecule has 6 heteroatoms. The average Bonchev–Trinajstić information content (AvgIpc) is 2.39. The van der Waals surface area contributed by atoms with Crippen LogP contribution in [0.5, 0.6) is 5.75 Å². The summed E-state index contributed by atoms with van der Waals surface area (Å²) in [5, 5.41) is 0. The third-order valence-electron chi connectivity index (χ3n) is 2.17. The van der Waals surface area contributed by atoms with E-state index in [1.807, 2.05) is 0 Å². The van der Waals surface area contributed by atoms with Gasteiger partial charge in [-0.3, -0.25) is 0 Å². The molecule has 0 heterocycles. The molecule has 1 aromatic carbocycles. The molecule has 0 saturated heterocycles. The minimum Gasteiger partial charge on any atom is -0.465 e. The fourth-order valence-corrected chi connectivity index (χ4v) is 1.29. The maximum Gasteiger partial charge on any atom is 0.341 e. The molecule has 0 aromatic heterocycles. The first-order valence-corrected chi connectivity index (χ1v) is 5.37. The smallest absolute Gasteiger partial charge is 0.341 e. The van der Waals surface area contributed by atoms with Crippen molar-refractivity contribution in [1.29, 1.82) is 0 Å². The third-order valence-corrected chi connectivity index (χ3v) is 2.17. The third kappa shape index (κ3) is 3.90. The number of nitrogen functional groups attached to an aromatic ring is 1. The second-order valence-corrected chi connectivity index (χ2v) is 3.38. The minimum absolute atomic E-state index is 0.0123. The molecule has 0 fully saturated rings. The Morgan fingerprint density at radius 2 is 2.06 bits per heavy atom. The highest BCUT2D eigenvalue weighted by Gasteiger charge is 2.15. The van der Waals surface area contributed by atoms with Gasteiger partial charge in [-0.25, -0.2) is 4.79 Å². The van der Waals surface area contributed by atoms with Gasteiger partial charge in [0.25, 0.3) is 0 Å². The van der Waals surface area contributed by atoms with E-state index in [2.05, 4.69) is 4.74 Å². The zero-order valence-corrected chi connectivity index (χ0v) is 10.5. The largest absolute Gasteiger partial charge is 0.465 e. The van der Waals surface area contributed by atoms with Crippen molar-refractivity contribution in [3.63, 3.8) is 0 Å². The minimum atomic E-state index is -0.505. The van der Waals surface area contributed by atoms with Crippen LogP contribution in [0.3, 0.4) is 0 Å². The molecule has 100 valence electrons. The van der Waals surface area contributed by atoms with Gasteiger partial charge in [-0.2, -0.15) is 0 Å². The molecule has 0 atom stereocenters. The number of ether oxygens (including phenoxy) is 4. The van der Waals surface area contributed by atoms with Crippen molar-refractivity contribution >= 4 is 11.7 Å². The Labute approximate surface area is 106 Å². The van der Waals surface area contributed by atoms with Crippen molar-refractivity contribution in [2.24, 2.45) is 0 Å². The predicted octanol–water partition coefficient (Wildman–Crippen LogP) is 1.05. The number of hydrogen-bond donors (Lipinski definition) is 1. The lowest BCUT2D eigenvalue weighted by Gasteiger charge is -2.12. The van der Waals surface area contributed by atoms with E-state index in [1.54, 1.807) is 25.3 Å². The Kier molecular flexibility index (Phi) is 5.96. The van der Waals surface area contributed by atoms with Crippen LogP contribution >= 0.6 is 0 Å². The molecule has 0 bridgehead atoms. The van der Waals surface area contributed by atoms with Gasteiger partial charge in [-0.05, 0) is 12.1 Å². The Morgan fingerprint density at radius 3 is 2.72 bits per heavy atom. The summed E-state index contributed by atoms with van der Waals surface area (Å²) in [6.45, 7) is 0.857. The van der Waals surface area contributed by atoms with Crippen LogP contribution in [-0.4, -0.2) is 40.2 Å². The molecule has 0 radical (unpaired) electrons. The summed E-state index contributed by atoms with van der Waals surface area (Å²) in [6, 6.07) is 4.86. The molecule has 0 aliphatic heterocycles. The summed E-state index contributed by atoms with van der Waals surface area (Å²) in [4.78, 5) is 11.5. The van der Waals surface area contributed by atoms with Gasteiger partial charge in [0.1, 0.15) is 5.56 Å². The van der Waals surface area contributed by atoms with E-state index in [4.69, 9.17) is 19.9 Å². The second-order valence-electron chi connectivity index (χ2n) is 3.38. The van der Waals surface area contributed by atoms with E-state index in [9.17, 15) is 4.79 Å². The van der Waals surface area contributed by atoms with Crippen LogP contribution < -0.4 is 10.5 Å². The van der Waals surface area contributed by atoms with Gasteiger partial charge < -0.3 is 24.7 Å². The number of hydrogen-bond acceptors (Lipinski definition) is 6. The maximum absolute atomic E-state index is 11.5. The number of benzene rings is 1. The Balaban J connectivity index is 2.65. The molecule has 1 aromatic rings. The summed E-state index contributed by atoms with van der Waals surface area (Å²) < 4.78 is 19.9. The van der Waals surface area contributed by atoms with Crippen molar-refractivity contribution in [2.75, 3.05) is 40.0 Å². The summed E-state index contributed by atoms with van der Waals surface area (Å²) in [5.41, 5.74) is 6.37. The first-order valence-electron chi connectivity index (χ1n) is 5.37. The number of carbonyl (C=O) groups is 1. The number of nitrogens with two attached hydrogens (primary N) is 1. The SMILES string of the molecule is COCCOCOc1c(N)cccc1C(=O)OC. The predicted molar refractivity (Wildman–Crippen MR) is 65.5 cm³/mol. The van der Waals surface area contributed by atoms with Crippen LogP contribution in [-0.2, 0) is 14.2 Å². The Morgan fingerprint density at radius 1 is 1.28 bits per heavy atom. The fraction of sp³-hybridized carbons (Fsp3) is 0.417. The lowest BCUT2D eigenvalue weighted by atomic mass is 10.2. The van der Waals surface area contributed by atoms with Gasteiger partial charge in [0, 0.05) is 7.11 Å². The quantitative estimate of drug-likeness (QED) is 0.339. The van der Waals surface area contributed by atoms with Gasteiger partial charge in [0.2, 0.25) is 0 Å². The zero-order chi connectivity index (χ0) is 13.4. The summed E-state index contributed by atoms with van der Waals surface area (Å²) in [7, 11) is 2.87. The molecular formula is C12H17NO5. The summed E-state index contributed by atoms with van der Waals surface area (Å²) in [6.07, 6.45) is 0. The zero-order valence-electron chi connectivity index (χ0n) is 10.5. The molecule has 0 unspecified atom stereocenters. The lowest BCUT2D eigenvalue weighted by molar-refractivity contribution is -0.00872. The molecule has 6 nitrogen and oxygen atoms in total. The van der Waals surface area contributed by atoms with Crippen molar-refractivity contribution in [3.8, 4) is 5.75 Å². The molecule has 0 saturated carbocycles. The van der Waals surface area contributed by atoms with E-state index >= 15 is 0 Å². The van der Waals surface area contributed by atoms with Gasteiger partial charge in [0.15, 0.2) is 12.5 Å². The molecule has 0 amide bonds. The molecule has 1 rings (SSSR count). The van der Waals surface area contributed by atoms with E-state index in [0.717, 1.165) is 0 Å². The highest BCUT2D eigenvalue weighted by Crippen LogP contribution is 2.26. The highest BCUT2D eigenvalue weighted by atomic mass is 16.7. The Hall–Kier alpha value is -1.79. The first kappa shape index (κ1) is 14.3. The van der Waals surface area contributed by atoms with Crippen LogP contribution in [0.2, 0.25) is 0 Å². The van der Waals surface area contributed by atoms with Crippen molar-refractivity contribution < 1.29 is 23.7 Å². The molecule has 0 spiro atoms. The monoisotopic (exact) mass is 255 g/mol. The number of methoxy groups -OCH3 is 2. The number of anilines is 1. The van der Waals surface area contributed by atoms with Crippen LogP contribution in [0.25, 0.3) is 0 Å². The van der Waals surface area contributed by atoms with Gasteiger partial charge in [-0.15, -0.1) is 0 Å². The van der Waals surface area contributed by atoms with Crippen LogP contribution in [0.4, 0.5) is 5.69 Å². The highest BCUT2D eigenvalue weighted by molar-refractivity contribution is 5.94. The van der Waals surface area contributed by atoms with Gasteiger partial charge in [0.05, 0.1) is 26.0 Å². The average molecular weight is 255 g/mol. The number of carbonyl (C=O) groups excluding carboxylic acids is 1. The first-order chi connectivity index (χ1) is 8.70. The fourth-order valence-electron chi connectivity index (χ4n) is 1.29. The van der Waals surface area contributed by atoms with E-state index in [1.165, 1.54) is 7.11 Å². The van der Waals surface area contributed by atoms with Crippen molar-refractivity contribution in [1.82, 2.24) is 0 Å². The second kappa shape index (κ2) is 7.52. The summed E-state index contributed by atoms with van der Waals surface area (Å²) in [5.74, 6) is -0.240. The maximum atomic E-state index is 11.5. The molecule has 18 heavy (non-hydrogen) atoms. The van der Waals surface area contributed by atoms with Crippen molar-refractivity contribution in [2.45, 2.75) is 0 Å². The van der Waals surface area contributed by atoms with Gasteiger partial charge >= 0.3 is 5.97 Å². The van der Waals surface area contributed by atoms with Gasteiger partial charge in [-0.1, -0.05) is 6.07 Å². The standard InChI is InChI=1S/C12H17NO5/c1-15-6-7-17-8-18-11-9(12(14)16-2)4-3-5-10(11)13/h3-5H,6-8,13H2,1-2H3. The molecule has 0 aliphatic rings. The summed E-state index contributed by atoms with van der Waals surface area (Å²) >= 11 is 0. The molecule has 0 aliphatic carbocycles. The van der Waals surface area contributed by atoms with Crippen molar-refractivity contribution in [3.05, 3.63) is 23.8 Å². The number of rotatable bonds is 7. The lowest BCUT2D eigenvalue weighted by Crippen LogP contribution is -2.12. The van der Waals surface area contributed by atoms with E-state index in [0.29, 0.717) is 18.9 Å². The Bertz CT molecular complexity index is 394. The van der Waals surface area contributed by atoms with Crippen LogP contribution in [0, 0.1) is 0 Å². The van der Waals surface area contributed by atoms with Crippen LogP contribution in [0.15, 0.2) is 18.2 Å². The topological polar surface area (TPSA) is 80.0 Å². The van der Waals surface area contributed by atoms with E-state index < -0.39 is 5.97 Å². The number of esters is 1. The molecular weight excluding hydrogens is 238 g/mol. The number of para-hydroxylation sites is 1. The van der Waals surface area contributed by atoms with E-state index in [-0.39, 0.29) is 18.1 Å². The normalized spacial score (nSPS) is 10.1. The molecule has 2 N–H and O–H groups in total.